The summed E-state index contributed by atoms with van der Waals surface area (Å²) >= 11 is 0. The Labute approximate surface area is 597 Å². The average Bonchev–Trinajstić information content (AvgIpc) is 1.51. The van der Waals surface area contributed by atoms with Crippen LogP contribution in [0.3, 0.4) is 0 Å². The van der Waals surface area contributed by atoms with E-state index in [2.05, 4.69) is 180 Å². The normalized spacial score (nSPS) is 27.3. The molecule has 556 valence electrons. The number of benzene rings is 1. The number of rotatable bonds is 20. The Kier molecular flexibility index (Phi) is 32.5. The minimum atomic E-state index is -0.0724. The lowest BCUT2D eigenvalue weighted by atomic mass is 9.96. The van der Waals surface area contributed by atoms with Crippen molar-refractivity contribution in [2.45, 2.75) is 298 Å². The lowest BCUT2D eigenvalue weighted by Crippen LogP contribution is -2.16. The van der Waals surface area contributed by atoms with E-state index >= 15 is 0 Å². The molecule has 1 aromatic rings. The summed E-state index contributed by atoms with van der Waals surface area (Å²) in [5, 5.41) is 0. The van der Waals surface area contributed by atoms with Crippen molar-refractivity contribution in [1.82, 2.24) is 0 Å². The van der Waals surface area contributed by atoms with Gasteiger partial charge in [-0.25, -0.2) is 0 Å². The fourth-order valence-electron chi connectivity index (χ4n) is 14.5. The molecule has 8 rings (SSSR count). The van der Waals surface area contributed by atoms with Gasteiger partial charge in [0.25, 0.3) is 0 Å². The fraction of sp³-hybridized carbons (Fsp3) is 0.733. The molecule has 0 heterocycles. The van der Waals surface area contributed by atoms with Crippen LogP contribution >= 0.6 is 0 Å². The van der Waals surface area contributed by atoms with E-state index < -0.39 is 0 Å². The van der Waals surface area contributed by atoms with Crippen molar-refractivity contribution in [2.24, 2.45) is 109 Å². The van der Waals surface area contributed by atoms with Gasteiger partial charge in [-0.2, -0.15) is 0 Å². The minimum Gasteiger partial charge on any atom is -0.463 e. The van der Waals surface area contributed by atoms with Crippen molar-refractivity contribution in [2.75, 3.05) is 0 Å². The summed E-state index contributed by atoms with van der Waals surface area (Å²) in [7, 11) is 0. The van der Waals surface area contributed by atoms with E-state index in [0.717, 1.165) is 12.0 Å². The van der Waals surface area contributed by atoms with Gasteiger partial charge in [0, 0.05) is 11.3 Å². The number of allylic oxidation sites excluding steroid dienone is 8. The van der Waals surface area contributed by atoms with Crippen molar-refractivity contribution in [3.63, 3.8) is 0 Å². The summed E-state index contributed by atoms with van der Waals surface area (Å²) in [5.74, 6) is 2.66. The first-order valence-electron chi connectivity index (χ1n) is 37.1. The maximum Gasteiger partial charge on any atom is 0.310 e. The van der Waals surface area contributed by atoms with E-state index in [1.54, 1.807) is 0 Å². The highest BCUT2D eigenvalue weighted by atomic mass is 16.6. The van der Waals surface area contributed by atoms with Crippen molar-refractivity contribution >= 4 is 41.9 Å². The molecule has 0 bridgehead atoms. The van der Waals surface area contributed by atoms with Crippen molar-refractivity contribution < 1.29 is 57.2 Å². The first kappa shape index (κ1) is 88.6. The summed E-state index contributed by atoms with van der Waals surface area (Å²) in [6, 6.07) is 10.2. The number of carbonyl (C=O) groups is 6. The van der Waals surface area contributed by atoms with Crippen LogP contribution in [0.25, 0.3) is 6.08 Å². The second-order valence-electron chi connectivity index (χ2n) is 34.9. The molecule has 7 saturated carbocycles. The highest BCUT2D eigenvalue weighted by Crippen LogP contribution is 2.76. The second kappa shape index (κ2) is 35.9. The number of ether oxygens (including phenoxy) is 6. The Morgan fingerprint density at radius 3 is 1.15 bits per heavy atom. The third kappa shape index (κ3) is 24.7. The van der Waals surface area contributed by atoms with E-state index in [1.807, 2.05) is 135 Å². The largest absolute Gasteiger partial charge is 0.463 e. The van der Waals surface area contributed by atoms with Crippen LogP contribution in [-0.4, -0.2) is 72.4 Å². The molecule has 12 heteroatoms. The molecule has 1 aromatic carbocycles. The van der Waals surface area contributed by atoms with Gasteiger partial charge in [0.05, 0.1) is 72.1 Å². The highest BCUT2D eigenvalue weighted by Gasteiger charge is 2.74. The number of esters is 6. The number of carbonyl (C=O) groups excluding carboxylic acids is 6. The van der Waals surface area contributed by atoms with Crippen LogP contribution in [0.2, 0.25) is 0 Å². The van der Waals surface area contributed by atoms with E-state index in [4.69, 9.17) is 28.4 Å². The smallest absolute Gasteiger partial charge is 0.310 e. The standard InChI is InChI=1S/C17H22O2.C14H24O2.C14H22O2.C13H20O2.C13H24O2.C13H22O2.C2H6/c1-12(2)19-16(18)15-14(17(15,3)4)11-10-13-8-6-5-7-9-13;1-9(2)8-14(7)11(13(14,5)6)12(15)16-10(3)4;1-9(2)7-8-11-12(14(11,5)6)13(15)16-10(3)4;1-8(2)7-10-11(13(10)5-6-13)12(14)15-9(3)4;2*1-8(2)7-10-11(13(10,5)6)12(14)15-9(3)4;1-2/h5-12,14-15H,1-4H3;8,10-11H,1-7H3;8,10-12H,1-6H3;7,9-11H,5-6H2,1-4H3;8-11H,7H2,1-6H3;7,9-11H,1-6H3;1-2H3. The number of hydrogen-bond donors (Lipinski definition) is 0. The summed E-state index contributed by atoms with van der Waals surface area (Å²) < 4.78 is 31.7. The summed E-state index contributed by atoms with van der Waals surface area (Å²) in [6.45, 7) is 71.1. The Balaban J connectivity index is 0.000000399. The van der Waals surface area contributed by atoms with Gasteiger partial charge in [0.2, 0.25) is 0 Å². The molecule has 0 saturated heterocycles. The predicted molar refractivity (Wildman–Crippen MR) is 402 cm³/mol. The molecule has 7 aliphatic rings. The molecule has 0 radical (unpaired) electrons. The zero-order valence-corrected chi connectivity index (χ0v) is 68.3. The van der Waals surface area contributed by atoms with Gasteiger partial charge in [-0.15, -0.1) is 5.73 Å². The van der Waals surface area contributed by atoms with Gasteiger partial charge in [-0.05, 0) is 237 Å². The van der Waals surface area contributed by atoms with E-state index in [0.29, 0.717) is 29.1 Å². The molecular weight excluding hydrogens is 1220 g/mol. The van der Waals surface area contributed by atoms with Gasteiger partial charge in [0.15, 0.2) is 0 Å². The lowest BCUT2D eigenvalue weighted by molar-refractivity contribution is -0.151. The molecule has 98 heavy (non-hydrogen) atoms. The number of hydrogen-bond acceptors (Lipinski definition) is 12. The Hall–Kier alpha value is -5.48. The predicted octanol–water partition coefficient (Wildman–Crippen LogP) is 21.2. The van der Waals surface area contributed by atoms with E-state index in [-0.39, 0.29) is 152 Å². The topological polar surface area (TPSA) is 158 Å². The average molecular weight is 1370 g/mol. The summed E-state index contributed by atoms with van der Waals surface area (Å²) in [5.41, 5.74) is 9.88. The molecule has 0 aliphatic heterocycles. The molecule has 7 fully saturated rings. The van der Waals surface area contributed by atoms with Gasteiger partial charge in [0.1, 0.15) is 0 Å². The van der Waals surface area contributed by atoms with Gasteiger partial charge in [-0.1, -0.05) is 181 Å². The molecule has 12 unspecified atom stereocenters. The zero-order chi connectivity index (χ0) is 76.1. The highest BCUT2D eigenvalue weighted by molar-refractivity contribution is 5.82. The Morgan fingerprint density at radius 1 is 0.439 bits per heavy atom. The quantitative estimate of drug-likeness (QED) is 0.0527. The van der Waals surface area contributed by atoms with E-state index in [9.17, 15) is 28.8 Å². The van der Waals surface area contributed by atoms with E-state index in [1.165, 1.54) is 35.1 Å². The minimum absolute atomic E-state index is 0.000602. The molecule has 1 spiro atoms. The SMILES string of the molecule is CC.CC(C)=C=CC1C(C(=O)OC(C)C)C1(C)C.CC(C)=CC1(C)C(C(=O)OC(C)C)C1(C)C.CC(C)=CC1C(C(=O)OC(C)C)C1(C)C.CC(C)=CC1C(C(=O)OC(C)C)C12CC2.CC(C)CC1C(C(=O)OC(C)C)C1(C)C.CC(C)OC(=O)C1C(C=Cc2ccccc2)C1(C)C. The molecule has 7 aliphatic carbocycles. The maximum absolute atomic E-state index is 12.0. The van der Waals surface area contributed by atoms with Crippen LogP contribution in [0.15, 0.2) is 88.7 Å². The van der Waals surface area contributed by atoms with Crippen LogP contribution in [-0.2, 0) is 57.2 Å². The summed E-state index contributed by atoms with van der Waals surface area (Å²) in [4.78, 5) is 71.2. The second-order valence-corrected chi connectivity index (χ2v) is 34.9. The molecule has 12 nitrogen and oxygen atoms in total. The third-order valence-corrected chi connectivity index (χ3v) is 20.6. The third-order valence-electron chi connectivity index (χ3n) is 20.6. The first-order chi connectivity index (χ1) is 44.8. The maximum atomic E-state index is 12.0. The van der Waals surface area contributed by atoms with Crippen LogP contribution in [0.4, 0.5) is 0 Å². The van der Waals surface area contributed by atoms with Crippen molar-refractivity contribution in [3.05, 3.63) is 94.3 Å². The van der Waals surface area contributed by atoms with Crippen LogP contribution in [0, 0.1) is 109 Å². The summed E-state index contributed by atoms with van der Waals surface area (Å²) in [6.07, 6.45) is 16.3. The molecule has 0 N–H and O–H groups in total. The van der Waals surface area contributed by atoms with Crippen LogP contribution in [0.1, 0.15) is 267 Å². The van der Waals surface area contributed by atoms with Gasteiger partial charge < -0.3 is 28.4 Å². The lowest BCUT2D eigenvalue weighted by Gasteiger charge is -2.09. The van der Waals surface area contributed by atoms with Gasteiger partial charge >= 0.3 is 35.8 Å². The zero-order valence-electron chi connectivity index (χ0n) is 68.3. The Morgan fingerprint density at radius 2 is 0.786 bits per heavy atom. The van der Waals surface area contributed by atoms with Crippen molar-refractivity contribution in [1.29, 1.82) is 0 Å². The Bertz CT molecular complexity index is 2950. The van der Waals surface area contributed by atoms with Crippen LogP contribution < -0.4 is 0 Å². The van der Waals surface area contributed by atoms with Gasteiger partial charge in [-0.3, -0.25) is 28.8 Å². The van der Waals surface area contributed by atoms with Crippen molar-refractivity contribution in [3.8, 4) is 0 Å². The first-order valence-corrected chi connectivity index (χ1v) is 37.1. The monoisotopic (exact) mass is 1370 g/mol. The molecular formula is C86H140O12. The fourth-order valence-corrected chi connectivity index (χ4v) is 14.5. The molecule has 0 aromatic heterocycles. The molecule has 0 amide bonds. The van der Waals surface area contributed by atoms with Crippen LogP contribution in [0.5, 0.6) is 0 Å². The molecule has 12 atom stereocenters.